The molecule has 3 rings (SSSR count). The molecule has 0 bridgehead atoms. The SMILES string of the molecule is COc1ccccc1N(CCC#N)C(=O)CNC(c1ccccc1)c1ccccc1. The predicted octanol–water partition coefficient (Wildman–Crippen LogP) is 4.32. The summed E-state index contributed by atoms with van der Waals surface area (Å²) in [6.45, 7) is 0.427. The third-order valence-corrected chi connectivity index (χ3v) is 4.85. The molecule has 3 aromatic carbocycles. The predicted molar refractivity (Wildman–Crippen MR) is 118 cm³/mol. The first-order valence-electron chi connectivity index (χ1n) is 9.88. The van der Waals surface area contributed by atoms with E-state index >= 15 is 0 Å². The molecule has 1 amide bonds. The third kappa shape index (κ3) is 5.25. The second-order valence-electron chi connectivity index (χ2n) is 6.76. The second-order valence-corrected chi connectivity index (χ2v) is 6.76. The molecule has 0 saturated heterocycles. The summed E-state index contributed by atoms with van der Waals surface area (Å²) in [5.41, 5.74) is 2.83. The normalized spacial score (nSPS) is 10.4. The van der Waals surface area contributed by atoms with Gasteiger partial charge in [0.05, 0.1) is 37.9 Å². The van der Waals surface area contributed by atoms with Gasteiger partial charge in [0.1, 0.15) is 5.75 Å². The van der Waals surface area contributed by atoms with Crippen molar-refractivity contribution in [2.24, 2.45) is 0 Å². The quantitative estimate of drug-likeness (QED) is 0.582. The minimum atomic E-state index is -0.119. The number of ether oxygens (including phenoxy) is 1. The zero-order chi connectivity index (χ0) is 21.2. The van der Waals surface area contributed by atoms with Crippen molar-refractivity contribution in [2.75, 3.05) is 25.1 Å². The van der Waals surface area contributed by atoms with Crippen molar-refractivity contribution >= 4 is 11.6 Å². The van der Waals surface area contributed by atoms with E-state index in [2.05, 4.69) is 11.4 Å². The van der Waals surface area contributed by atoms with Crippen LogP contribution in [0.25, 0.3) is 0 Å². The van der Waals surface area contributed by atoms with E-state index in [0.29, 0.717) is 18.0 Å². The Labute approximate surface area is 177 Å². The molecule has 0 radical (unpaired) electrons. The summed E-state index contributed by atoms with van der Waals surface area (Å²) in [5.74, 6) is 0.484. The molecule has 0 aliphatic carbocycles. The fourth-order valence-corrected chi connectivity index (χ4v) is 3.40. The van der Waals surface area contributed by atoms with Crippen molar-refractivity contribution < 1.29 is 9.53 Å². The summed E-state index contributed by atoms with van der Waals surface area (Å²) in [7, 11) is 1.57. The Kier molecular flexibility index (Phi) is 7.59. The smallest absolute Gasteiger partial charge is 0.241 e. The lowest BCUT2D eigenvalue weighted by Crippen LogP contribution is -2.40. The minimum Gasteiger partial charge on any atom is -0.495 e. The summed E-state index contributed by atoms with van der Waals surface area (Å²) in [5, 5.41) is 12.5. The van der Waals surface area contributed by atoms with E-state index < -0.39 is 0 Å². The van der Waals surface area contributed by atoms with E-state index in [1.807, 2.05) is 84.9 Å². The van der Waals surface area contributed by atoms with Crippen LogP contribution < -0.4 is 15.0 Å². The molecule has 0 aliphatic rings. The van der Waals surface area contributed by atoms with Gasteiger partial charge in [-0.15, -0.1) is 0 Å². The Morgan fingerprint density at radius 1 is 0.967 bits per heavy atom. The second kappa shape index (κ2) is 10.8. The highest BCUT2D eigenvalue weighted by Crippen LogP contribution is 2.28. The average molecular weight is 399 g/mol. The summed E-state index contributed by atoms with van der Waals surface area (Å²) in [6.07, 6.45) is 0.241. The lowest BCUT2D eigenvalue weighted by atomic mass is 9.99. The number of benzene rings is 3. The molecule has 0 aliphatic heterocycles. The highest BCUT2D eigenvalue weighted by atomic mass is 16.5. The summed E-state index contributed by atoms with van der Waals surface area (Å²) in [6, 6.07) is 29.4. The Morgan fingerprint density at radius 3 is 2.10 bits per heavy atom. The fraction of sp³-hybridized carbons (Fsp3) is 0.200. The van der Waals surface area contributed by atoms with E-state index in [9.17, 15) is 4.79 Å². The van der Waals surface area contributed by atoms with Gasteiger partial charge in [0.25, 0.3) is 0 Å². The molecule has 3 aromatic rings. The number of methoxy groups -OCH3 is 1. The maximum atomic E-state index is 13.2. The zero-order valence-electron chi connectivity index (χ0n) is 17.0. The first kappa shape index (κ1) is 21.1. The molecular weight excluding hydrogens is 374 g/mol. The molecule has 1 N–H and O–H groups in total. The molecule has 0 fully saturated rings. The van der Waals surface area contributed by atoms with Gasteiger partial charge in [-0.2, -0.15) is 5.26 Å². The fourth-order valence-electron chi connectivity index (χ4n) is 3.40. The van der Waals surface area contributed by atoms with Crippen molar-refractivity contribution in [1.82, 2.24) is 5.32 Å². The number of rotatable bonds is 9. The minimum absolute atomic E-state index is 0.119. The highest BCUT2D eigenvalue weighted by molar-refractivity contribution is 5.96. The number of hydrogen-bond acceptors (Lipinski definition) is 4. The standard InChI is InChI=1S/C25H25N3O2/c1-30-23-16-9-8-15-22(23)28(18-10-17-26)24(29)19-27-25(20-11-4-2-5-12-20)21-13-6-3-7-14-21/h2-9,11-16,25,27H,10,18-19H2,1H3. The van der Waals surface area contributed by atoms with Gasteiger partial charge in [-0.05, 0) is 23.3 Å². The van der Waals surface area contributed by atoms with Gasteiger partial charge < -0.3 is 9.64 Å². The van der Waals surface area contributed by atoms with Gasteiger partial charge >= 0.3 is 0 Å². The summed E-state index contributed by atoms with van der Waals surface area (Å²) in [4.78, 5) is 14.8. The van der Waals surface area contributed by atoms with Crippen LogP contribution in [-0.4, -0.2) is 26.1 Å². The number of anilines is 1. The Hall–Kier alpha value is -3.62. The topological polar surface area (TPSA) is 65.4 Å². The van der Waals surface area contributed by atoms with Gasteiger partial charge in [-0.1, -0.05) is 72.8 Å². The van der Waals surface area contributed by atoms with E-state index in [1.165, 1.54) is 0 Å². The van der Waals surface area contributed by atoms with Crippen molar-refractivity contribution in [3.63, 3.8) is 0 Å². The van der Waals surface area contributed by atoms with Gasteiger partial charge in [0, 0.05) is 6.54 Å². The maximum absolute atomic E-state index is 13.2. The third-order valence-electron chi connectivity index (χ3n) is 4.85. The van der Waals surface area contributed by atoms with Gasteiger partial charge in [-0.25, -0.2) is 0 Å². The van der Waals surface area contributed by atoms with Crippen molar-refractivity contribution in [3.8, 4) is 11.8 Å². The van der Waals surface area contributed by atoms with Crippen LogP contribution in [0.15, 0.2) is 84.9 Å². The molecule has 30 heavy (non-hydrogen) atoms. The van der Waals surface area contributed by atoms with E-state index in [1.54, 1.807) is 12.0 Å². The largest absolute Gasteiger partial charge is 0.495 e. The number of para-hydroxylation sites is 2. The first-order valence-corrected chi connectivity index (χ1v) is 9.88. The Bertz CT molecular complexity index is 945. The maximum Gasteiger partial charge on any atom is 0.241 e. The molecule has 0 aromatic heterocycles. The summed E-state index contributed by atoms with van der Waals surface area (Å²) >= 11 is 0. The Morgan fingerprint density at radius 2 is 1.53 bits per heavy atom. The first-order chi connectivity index (χ1) is 14.7. The number of hydrogen-bond donors (Lipinski definition) is 1. The number of nitrogens with zero attached hydrogens (tertiary/aromatic N) is 2. The van der Waals surface area contributed by atoms with E-state index in [-0.39, 0.29) is 24.9 Å². The number of nitriles is 1. The number of carbonyl (C=O) groups is 1. The van der Waals surface area contributed by atoms with Crippen LogP contribution in [0.3, 0.4) is 0 Å². The molecule has 152 valence electrons. The van der Waals surface area contributed by atoms with Gasteiger partial charge in [0.2, 0.25) is 5.91 Å². The molecule has 0 unspecified atom stereocenters. The van der Waals surface area contributed by atoms with Crippen LogP contribution in [-0.2, 0) is 4.79 Å². The molecule has 5 nitrogen and oxygen atoms in total. The van der Waals surface area contributed by atoms with Crippen LogP contribution in [0.1, 0.15) is 23.6 Å². The number of nitrogens with one attached hydrogen (secondary N) is 1. The summed E-state index contributed by atoms with van der Waals surface area (Å²) < 4.78 is 5.42. The average Bonchev–Trinajstić information content (AvgIpc) is 2.81. The zero-order valence-corrected chi connectivity index (χ0v) is 17.0. The van der Waals surface area contributed by atoms with Crippen LogP contribution in [0.4, 0.5) is 5.69 Å². The molecule has 0 atom stereocenters. The van der Waals surface area contributed by atoms with E-state index in [4.69, 9.17) is 10.00 Å². The van der Waals surface area contributed by atoms with Crippen LogP contribution in [0.5, 0.6) is 5.75 Å². The van der Waals surface area contributed by atoms with Crippen LogP contribution in [0.2, 0.25) is 0 Å². The number of amides is 1. The van der Waals surface area contributed by atoms with Gasteiger partial charge in [0.15, 0.2) is 0 Å². The number of carbonyl (C=O) groups excluding carboxylic acids is 1. The van der Waals surface area contributed by atoms with Crippen molar-refractivity contribution in [1.29, 1.82) is 5.26 Å². The molecule has 0 heterocycles. The van der Waals surface area contributed by atoms with E-state index in [0.717, 1.165) is 11.1 Å². The van der Waals surface area contributed by atoms with Gasteiger partial charge in [-0.3, -0.25) is 10.1 Å². The highest BCUT2D eigenvalue weighted by Gasteiger charge is 2.21. The lowest BCUT2D eigenvalue weighted by Gasteiger charge is -2.26. The Balaban J connectivity index is 1.82. The molecule has 0 saturated carbocycles. The lowest BCUT2D eigenvalue weighted by molar-refractivity contribution is -0.117. The monoisotopic (exact) mass is 399 g/mol. The van der Waals surface area contributed by atoms with Crippen LogP contribution >= 0.6 is 0 Å². The van der Waals surface area contributed by atoms with Crippen molar-refractivity contribution in [2.45, 2.75) is 12.5 Å². The molecule has 5 heteroatoms. The van der Waals surface area contributed by atoms with Crippen molar-refractivity contribution in [3.05, 3.63) is 96.1 Å². The molecular formula is C25H25N3O2. The van der Waals surface area contributed by atoms with Crippen LogP contribution in [0, 0.1) is 11.3 Å². The molecule has 0 spiro atoms.